The van der Waals surface area contributed by atoms with Crippen LogP contribution < -0.4 is 0 Å². The molecule has 2 heteroatoms. The van der Waals surface area contributed by atoms with Crippen LogP contribution in [0.1, 0.15) is 5.56 Å². The number of rotatable bonds is 0. The minimum atomic E-state index is 0.672. The average Bonchev–Trinajstić information content (AvgIpc) is 2.04. The number of hydrogen-bond acceptors (Lipinski definition) is 1. The third-order valence-electron chi connectivity index (χ3n) is 1.90. The number of hydrogen-bond donors (Lipinski definition) is 0. The molecule has 0 bridgehead atoms. The Hall–Kier alpha value is -1.15. The zero-order valence-corrected chi connectivity index (χ0v) is 7.56. The number of aromatic nitrogens is 1. The molecule has 1 nitrogen and oxygen atoms in total. The van der Waals surface area contributed by atoms with Crippen molar-refractivity contribution in [2.45, 2.75) is 11.9 Å². The summed E-state index contributed by atoms with van der Waals surface area (Å²) in [6, 6.07) is 9.96. The first-order valence-electron chi connectivity index (χ1n) is 3.81. The van der Waals surface area contributed by atoms with Crippen molar-refractivity contribution in [1.82, 2.24) is 4.98 Å². The molecule has 0 saturated carbocycles. The molecule has 0 fully saturated rings. The number of nitrogens with zero attached hydrogens (tertiary/aromatic N) is 1. The Morgan fingerprint density at radius 3 is 2.83 bits per heavy atom. The van der Waals surface area contributed by atoms with Gasteiger partial charge in [0, 0.05) is 5.39 Å². The summed E-state index contributed by atoms with van der Waals surface area (Å²) in [4.78, 5) is 4.25. The number of aryl methyl sites for hydroxylation is 1. The third kappa shape index (κ3) is 1.14. The molecule has 0 atom stereocenters. The van der Waals surface area contributed by atoms with E-state index < -0.39 is 0 Å². The van der Waals surface area contributed by atoms with Crippen molar-refractivity contribution in [2.75, 3.05) is 0 Å². The van der Waals surface area contributed by atoms with Crippen LogP contribution in [0.25, 0.3) is 10.9 Å². The van der Waals surface area contributed by atoms with Crippen LogP contribution in [0, 0.1) is 6.92 Å². The average molecular weight is 174 g/mol. The Balaban J connectivity index is 2.89. The van der Waals surface area contributed by atoms with Gasteiger partial charge in [0.05, 0.1) is 5.52 Å². The van der Waals surface area contributed by atoms with Crippen molar-refractivity contribution >= 4 is 23.5 Å². The lowest BCUT2D eigenvalue weighted by Crippen LogP contribution is -1.83. The summed E-state index contributed by atoms with van der Waals surface area (Å²) in [7, 11) is 0. The molecule has 2 aromatic rings. The highest BCUT2D eigenvalue weighted by Gasteiger charge is 1.98. The van der Waals surface area contributed by atoms with Crippen LogP contribution in [0.3, 0.4) is 0 Å². The molecule has 59 valence electrons. The van der Waals surface area contributed by atoms with Gasteiger partial charge in [-0.3, -0.25) is 0 Å². The molecule has 0 aliphatic heterocycles. The van der Waals surface area contributed by atoms with Gasteiger partial charge in [-0.05, 0) is 24.6 Å². The zero-order chi connectivity index (χ0) is 8.55. The minimum Gasteiger partial charge on any atom is -0.237 e. The quantitative estimate of drug-likeness (QED) is 0.598. The summed E-state index contributed by atoms with van der Waals surface area (Å²) in [6.07, 6.45) is 0. The fourth-order valence-electron chi connectivity index (χ4n) is 1.32. The van der Waals surface area contributed by atoms with E-state index in [1.165, 1.54) is 10.9 Å². The summed E-state index contributed by atoms with van der Waals surface area (Å²) < 4.78 is 0. The molecule has 0 N–H and O–H groups in total. The van der Waals surface area contributed by atoms with Crippen LogP contribution in [0.15, 0.2) is 35.4 Å². The maximum Gasteiger partial charge on any atom is 0.127 e. The number of benzene rings is 1. The molecule has 12 heavy (non-hydrogen) atoms. The number of fused-ring (bicyclic) bond motifs is 1. The Labute approximate surface area is 76.9 Å². The van der Waals surface area contributed by atoms with E-state index in [9.17, 15) is 0 Å². The Kier molecular flexibility index (Phi) is 1.70. The van der Waals surface area contributed by atoms with Crippen LogP contribution in [-0.2, 0) is 0 Å². The van der Waals surface area contributed by atoms with Gasteiger partial charge in [0.15, 0.2) is 0 Å². The van der Waals surface area contributed by atoms with Crippen molar-refractivity contribution in [2.24, 2.45) is 0 Å². The molecule has 2 rings (SSSR count). The third-order valence-corrected chi connectivity index (χ3v) is 2.11. The largest absolute Gasteiger partial charge is 0.237 e. The van der Waals surface area contributed by atoms with Gasteiger partial charge in [-0.25, -0.2) is 4.98 Å². The van der Waals surface area contributed by atoms with E-state index in [4.69, 9.17) is 12.6 Å². The van der Waals surface area contributed by atoms with Crippen molar-refractivity contribution in [3.63, 3.8) is 0 Å². The summed E-state index contributed by atoms with van der Waals surface area (Å²) in [5.74, 6) is 0. The number of pyridine rings is 1. The van der Waals surface area contributed by atoms with Gasteiger partial charge >= 0.3 is 0 Å². The highest BCUT2D eigenvalue weighted by molar-refractivity contribution is 7.80. The van der Waals surface area contributed by atoms with Gasteiger partial charge in [0.2, 0.25) is 0 Å². The summed E-state index contributed by atoms with van der Waals surface area (Å²) >= 11 is 5.02. The molecule has 0 aliphatic carbocycles. The Morgan fingerprint density at radius 1 is 1.25 bits per heavy atom. The molecular weight excluding hydrogens is 166 g/mol. The SMILES string of the molecule is Cc1cc([S])nc2ccccc12. The first-order valence-corrected chi connectivity index (χ1v) is 4.21. The van der Waals surface area contributed by atoms with Gasteiger partial charge in [-0.1, -0.05) is 30.8 Å². The van der Waals surface area contributed by atoms with Crippen LogP contribution in [-0.4, -0.2) is 4.98 Å². The summed E-state index contributed by atoms with van der Waals surface area (Å²) in [6.45, 7) is 2.06. The second-order valence-corrected chi connectivity index (χ2v) is 3.21. The van der Waals surface area contributed by atoms with E-state index >= 15 is 0 Å². The topological polar surface area (TPSA) is 12.9 Å². The van der Waals surface area contributed by atoms with E-state index in [1.54, 1.807) is 0 Å². The maximum atomic E-state index is 5.02. The lowest BCUT2D eigenvalue weighted by molar-refractivity contribution is 1.18. The highest BCUT2D eigenvalue weighted by atomic mass is 32.1. The lowest BCUT2D eigenvalue weighted by atomic mass is 10.1. The maximum absolute atomic E-state index is 5.02. The Morgan fingerprint density at radius 2 is 2.00 bits per heavy atom. The van der Waals surface area contributed by atoms with Crippen LogP contribution in [0.2, 0.25) is 0 Å². The van der Waals surface area contributed by atoms with Crippen molar-refractivity contribution < 1.29 is 0 Å². The van der Waals surface area contributed by atoms with Gasteiger partial charge in [0.1, 0.15) is 5.03 Å². The lowest BCUT2D eigenvalue weighted by Gasteiger charge is -2.00. The predicted octanol–water partition coefficient (Wildman–Crippen LogP) is 3.10. The summed E-state index contributed by atoms with van der Waals surface area (Å²) in [5.41, 5.74) is 2.19. The first-order chi connectivity index (χ1) is 5.77. The first kappa shape index (κ1) is 7.50. The van der Waals surface area contributed by atoms with Gasteiger partial charge in [-0.15, -0.1) is 0 Å². The molecule has 0 saturated heterocycles. The Bertz CT molecular complexity index is 423. The van der Waals surface area contributed by atoms with E-state index in [-0.39, 0.29) is 0 Å². The molecule has 1 radical (unpaired) electrons. The van der Waals surface area contributed by atoms with E-state index in [1.807, 2.05) is 24.3 Å². The molecule has 1 aromatic heterocycles. The molecule has 0 aliphatic rings. The standard InChI is InChI=1S/C10H8NS/c1-7-6-10(12)11-9-5-3-2-4-8(7)9/h2-6H,1H3. The second-order valence-electron chi connectivity index (χ2n) is 2.79. The van der Waals surface area contributed by atoms with Crippen molar-refractivity contribution in [3.8, 4) is 0 Å². The molecule has 0 amide bonds. The molecule has 1 heterocycles. The van der Waals surface area contributed by atoms with Gasteiger partial charge in [0.25, 0.3) is 0 Å². The van der Waals surface area contributed by atoms with E-state index in [0.717, 1.165) is 5.52 Å². The highest BCUT2D eigenvalue weighted by Crippen LogP contribution is 2.18. The fourth-order valence-corrected chi connectivity index (χ4v) is 1.59. The summed E-state index contributed by atoms with van der Waals surface area (Å²) in [5, 5.41) is 1.86. The normalized spacial score (nSPS) is 10.4. The van der Waals surface area contributed by atoms with Crippen LogP contribution >= 0.6 is 12.6 Å². The molecule has 0 unspecified atom stereocenters. The van der Waals surface area contributed by atoms with Crippen molar-refractivity contribution in [1.29, 1.82) is 0 Å². The molecular formula is C10H8NS. The van der Waals surface area contributed by atoms with E-state index in [2.05, 4.69) is 18.0 Å². The molecule has 1 aromatic carbocycles. The monoisotopic (exact) mass is 174 g/mol. The fraction of sp³-hybridized carbons (Fsp3) is 0.100. The smallest absolute Gasteiger partial charge is 0.127 e. The zero-order valence-electron chi connectivity index (χ0n) is 6.74. The second kappa shape index (κ2) is 2.72. The van der Waals surface area contributed by atoms with Crippen LogP contribution in [0.4, 0.5) is 0 Å². The van der Waals surface area contributed by atoms with E-state index in [0.29, 0.717) is 5.03 Å². The van der Waals surface area contributed by atoms with Crippen LogP contribution in [0.5, 0.6) is 0 Å². The number of para-hydroxylation sites is 1. The predicted molar refractivity (Wildman–Crippen MR) is 52.3 cm³/mol. The molecule has 0 spiro atoms. The van der Waals surface area contributed by atoms with Gasteiger partial charge in [-0.2, -0.15) is 0 Å². The van der Waals surface area contributed by atoms with Crippen molar-refractivity contribution in [3.05, 3.63) is 35.9 Å². The van der Waals surface area contributed by atoms with Gasteiger partial charge < -0.3 is 0 Å². The minimum absolute atomic E-state index is 0.672.